The molecule has 2 bridgehead atoms. The highest BCUT2D eigenvalue weighted by Gasteiger charge is 2.53. The van der Waals surface area contributed by atoms with E-state index in [1.54, 1.807) is 64.6 Å². The van der Waals surface area contributed by atoms with Gasteiger partial charge in [-0.05, 0) is 84.4 Å². The number of carbonyl (C=O) groups is 4. The molecule has 1 saturated carbocycles. The Hall–Kier alpha value is -4.73. The quantitative estimate of drug-likeness (QED) is 0.312. The standard InChI is InChI=1S/C37H44FN5O7/c1-35(2,3)49-33(46)42-13-11-37(12-14-42)27-18-29(40-20-26(27)32(45)48-37)22-8-7-21(28(38)17-22)15-24(19-39)41-31(44)30-23-9-10-25(16-23)43(30)34(47)50-36(4,5)6/h7-8,17-18,20,23-25,30H,9-16H2,1-6H3,(H,41,44)/t23-,24-,25+,30-/m0/s1. The van der Waals surface area contributed by atoms with Gasteiger partial charge in [0.05, 0.1) is 17.3 Å². The molecule has 1 spiro atoms. The van der Waals surface area contributed by atoms with E-state index < -0.39 is 58.8 Å². The number of benzene rings is 1. The van der Waals surface area contributed by atoms with Crippen LogP contribution in [0.15, 0.2) is 30.5 Å². The van der Waals surface area contributed by atoms with Gasteiger partial charge in [0, 0.05) is 55.7 Å². The van der Waals surface area contributed by atoms with Crippen LogP contribution < -0.4 is 5.32 Å². The first-order valence-corrected chi connectivity index (χ1v) is 17.2. The van der Waals surface area contributed by atoms with E-state index in [0.717, 1.165) is 12.8 Å². The fraction of sp³-hybridized carbons (Fsp3) is 0.568. The summed E-state index contributed by atoms with van der Waals surface area (Å²) in [5.74, 6) is -1.55. The molecule has 4 aliphatic rings. The van der Waals surface area contributed by atoms with Crippen LogP contribution in [0, 0.1) is 23.1 Å². The molecule has 50 heavy (non-hydrogen) atoms. The lowest BCUT2D eigenvalue weighted by molar-refractivity contribution is -0.128. The zero-order valence-electron chi connectivity index (χ0n) is 29.4. The Bertz CT molecular complexity index is 1750. The van der Waals surface area contributed by atoms with E-state index in [0.29, 0.717) is 54.7 Å². The van der Waals surface area contributed by atoms with Crippen molar-refractivity contribution in [3.05, 3.63) is 53.0 Å². The summed E-state index contributed by atoms with van der Waals surface area (Å²) in [4.78, 5) is 59.5. The smallest absolute Gasteiger partial charge is 0.411 e. The number of carbonyl (C=O) groups excluding carboxylic acids is 4. The summed E-state index contributed by atoms with van der Waals surface area (Å²) in [5.41, 5.74) is -0.179. The second-order valence-electron chi connectivity index (χ2n) is 15.7. The van der Waals surface area contributed by atoms with E-state index in [4.69, 9.17) is 14.2 Å². The van der Waals surface area contributed by atoms with Gasteiger partial charge < -0.3 is 24.4 Å². The summed E-state index contributed by atoms with van der Waals surface area (Å²) in [5, 5.41) is 12.7. The van der Waals surface area contributed by atoms with Gasteiger partial charge in [-0.1, -0.05) is 12.1 Å². The van der Waals surface area contributed by atoms with Crippen molar-refractivity contribution in [1.82, 2.24) is 20.1 Å². The summed E-state index contributed by atoms with van der Waals surface area (Å²) >= 11 is 0. The monoisotopic (exact) mass is 689 g/mol. The van der Waals surface area contributed by atoms with Crippen LogP contribution in [0.4, 0.5) is 14.0 Å². The predicted molar refractivity (Wildman–Crippen MR) is 178 cm³/mol. The van der Waals surface area contributed by atoms with Gasteiger partial charge in [0.1, 0.15) is 34.7 Å². The topological polar surface area (TPSA) is 151 Å². The van der Waals surface area contributed by atoms with Crippen LogP contribution >= 0.6 is 0 Å². The van der Waals surface area contributed by atoms with Gasteiger partial charge in [-0.25, -0.2) is 18.8 Å². The highest BCUT2D eigenvalue weighted by atomic mass is 19.1. The number of pyridine rings is 1. The largest absolute Gasteiger partial charge is 0.450 e. The molecular formula is C37H44FN5O7. The number of hydrogen-bond donors (Lipinski definition) is 1. The number of rotatable bonds is 5. The van der Waals surface area contributed by atoms with Gasteiger partial charge in [0.2, 0.25) is 5.91 Å². The Labute approximate surface area is 291 Å². The third kappa shape index (κ3) is 6.98. The van der Waals surface area contributed by atoms with Gasteiger partial charge in [0.25, 0.3) is 0 Å². The van der Waals surface area contributed by atoms with Crippen LogP contribution in [0.2, 0.25) is 0 Å². The van der Waals surface area contributed by atoms with Crippen molar-refractivity contribution in [1.29, 1.82) is 5.26 Å². The Morgan fingerprint density at radius 2 is 1.76 bits per heavy atom. The lowest BCUT2D eigenvalue weighted by atomic mass is 9.83. The highest BCUT2D eigenvalue weighted by molar-refractivity contribution is 5.95. The van der Waals surface area contributed by atoms with Crippen LogP contribution in [0.3, 0.4) is 0 Å². The summed E-state index contributed by atoms with van der Waals surface area (Å²) in [6, 6.07) is 6.48. The fourth-order valence-electron chi connectivity index (χ4n) is 7.57. The van der Waals surface area contributed by atoms with E-state index in [2.05, 4.69) is 16.4 Å². The number of esters is 1. The summed E-state index contributed by atoms with van der Waals surface area (Å²) in [6.07, 6.45) is 3.43. The number of nitriles is 1. The van der Waals surface area contributed by atoms with Crippen LogP contribution in [0.1, 0.15) is 95.1 Å². The van der Waals surface area contributed by atoms with Crippen molar-refractivity contribution < 1.29 is 37.8 Å². The van der Waals surface area contributed by atoms with Gasteiger partial charge >= 0.3 is 18.2 Å². The molecule has 2 aromatic rings. The van der Waals surface area contributed by atoms with Crippen molar-refractivity contribution in [2.45, 2.75) is 115 Å². The molecule has 266 valence electrons. The number of likely N-dealkylation sites (tertiary alicyclic amines) is 2. The molecule has 1 aromatic heterocycles. The minimum Gasteiger partial charge on any atom is -0.450 e. The molecule has 3 fully saturated rings. The number of nitrogens with zero attached hydrogens (tertiary/aromatic N) is 4. The lowest BCUT2D eigenvalue weighted by Crippen LogP contribution is -2.55. The first kappa shape index (κ1) is 35.1. The lowest BCUT2D eigenvalue weighted by Gasteiger charge is -2.39. The Balaban J connectivity index is 1.14. The SMILES string of the molecule is CC(C)(C)OC(=O)N1CCC2(CC1)OC(=O)c1cnc(-c3ccc(C[C@@H](C#N)NC(=O)[C@@H]4[C@H]5CC[C@H](C5)N4C(=O)OC(C)(C)C)c(F)c3)cc12. The second-order valence-corrected chi connectivity index (χ2v) is 15.7. The van der Waals surface area contributed by atoms with E-state index in [9.17, 15) is 24.4 Å². The van der Waals surface area contributed by atoms with E-state index in [1.165, 1.54) is 17.2 Å². The minimum absolute atomic E-state index is 0.0277. The van der Waals surface area contributed by atoms with Crippen molar-refractivity contribution in [3.63, 3.8) is 0 Å². The number of nitrogens with one attached hydrogen (secondary N) is 1. The Morgan fingerprint density at radius 3 is 2.40 bits per heavy atom. The number of fused-ring (bicyclic) bond motifs is 4. The molecule has 4 atom stereocenters. The second kappa shape index (κ2) is 12.9. The average molecular weight is 690 g/mol. The predicted octanol–water partition coefficient (Wildman–Crippen LogP) is 5.62. The van der Waals surface area contributed by atoms with Gasteiger partial charge in [-0.2, -0.15) is 5.26 Å². The molecule has 1 aliphatic carbocycles. The van der Waals surface area contributed by atoms with E-state index in [1.807, 2.05) is 0 Å². The van der Waals surface area contributed by atoms with Crippen LogP contribution in [-0.4, -0.2) is 81.3 Å². The van der Waals surface area contributed by atoms with Crippen molar-refractivity contribution in [2.75, 3.05) is 13.1 Å². The zero-order valence-corrected chi connectivity index (χ0v) is 29.4. The third-order valence-electron chi connectivity index (χ3n) is 9.83. The Morgan fingerprint density at radius 1 is 1.08 bits per heavy atom. The molecule has 3 aliphatic heterocycles. The third-order valence-corrected chi connectivity index (χ3v) is 9.83. The van der Waals surface area contributed by atoms with E-state index in [-0.39, 0.29) is 23.9 Å². The van der Waals surface area contributed by atoms with Crippen LogP contribution in [0.5, 0.6) is 0 Å². The summed E-state index contributed by atoms with van der Waals surface area (Å²) < 4.78 is 32.6. The first-order valence-electron chi connectivity index (χ1n) is 17.2. The molecule has 13 heteroatoms. The van der Waals surface area contributed by atoms with Gasteiger partial charge in [-0.3, -0.25) is 14.7 Å². The molecule has 12 nitrogen and oxygen atoms in total. The molecule has 6 rings (SSSR count). The van der Waals surface area contributed by atoms with Crippen molar-refractivity contribution >= 4 is 24.1 Å². The molecule has 2 saturated heterocycles. The molecule has 1 N–H and O–H groups in total. The van der Waals surface area contributed by atoms with Crippen LogP contribution in [0.25, 0.3) is 11.3 Å². The van der Waals surface area contributed by atoms with Gasteiger partial charge in [0.15, 0.2) is 0 Å². The summed E-state index contributed by atoms with van der Waals surface area (Å²) in [7, 11) is 0. The van der Waals surface area contributed by atoms with Crippen LogP contribution in [-0.2, 0) is 31.0 Å². The molecule has 3 amide bonds. The normalized spacial score (nSPS) is 22.8. The van der Waals surface area contributed by atoms with E-state index >= 15 is 4.39 Å². The average Bonchev–Trinajstić information content (AvgIpc) is 3.72. The Kier molecular flexibility index (Phi) is 9.03. The molecule has 1 aromatic carbocycles. The number of ether oxygens (including phenoxy) is 3. The van der Waals surface area contributed by atoms with Crippen molar-refractivity contribution in [3.8, 4) is 17.3 Å². The summed E-state index contributed by atoms with van der Waals surface area (Å²) in [6.45, 7) is 11.4. The zero-order chi connectivity index (χ0) is 36.2. The number of aromatic nitrogens is 1. The number of hydrogen-bond acceptors (Lipinski definition) is 9. The maximum atomic E-state index is 15.6. The number of halogens is 1. The molecule has 4 heterocycles. The number of amides is 3. The maximum absolute atomic E-state index is 15.6. The first-order chi connectivity index (χ1) is 23.5. The fourth-order valence-corrected chi connectivity index (χ4v) is 7.57. The highest BCUT2D eigenvalue weighted by Crippen LogP contribution is 2.46. The molecule has 0 radical (unpaired) electrons. The van der Waals surface area contributed by atoms with Crippen molar-refractivity contribution in [2.24, 2.45) is 5.92 Å². The minimum atomic E-state index is -1.03. The molecule has 0 unspecified atom stereocenters. The molecular weight excluding hydrogens is 645 g/mol. The number of piperidine rings is 2. The maximum Gasteiger partial charge on any atom is 0.411 e. The van der Waals surface area contributed by atoms with Gasteiger partial charge in [-0.15, -0.1) is 0 Å².